The fourth-order valence-corrected chi connectivity index (χ4v) is 2.37. The van der Waals surface area contributed by atoms with Gasteiger partial charge < -0.3 is 4.74 Å². The number of ether oxygens (including phenoxy) is 1. The van der Waals surface area contributed by atoms with E-state index in [1.807, 2.05) is 18.2 Å². The van der Waals surface area contributed by atoms with Gasteiger partial charge in [0.15, 0.2) is 0 Å². The van der Waals surface area contributed by atoms with E-state index in [1.54, 1.807) is 6.08 Å². The Balaban J connectivity index is 2.59. The van der Waals surface area contributed by atoms with Crippen LogP contribution in [0.1, 0.15) is 12.0 Å². The van der Waals surface area contributed by atoms with Gasteiger partial charge >= 0.3 is 0 Å². The van der Waals surface area contributed by atoms with E-state index in [4.69, 9.17) is 10.00 Å². The van der Waals surface area contributed by atoms with Crippen molar-refractivity contribution in [1.82, 2.24) is 0 Å². The van der Waals surface area contributed by atoms with Crippen molar-refractivity contribution in [2.75, 3.05) is 6.61 Å². The Morgan fingerprint density at radius 1 is 1.50 bits per heavy atom. The highest BCUT2D eigenvalue weighted by molar-refractivity contribution is 14.1. The van der Waals surface area contributed by atoms with Crippen LogP contribution in [0.3, 0.4) is 0 Å². The number of benzene rings is 1. The zero-order chi connectivity index (χ0) is 9.97. The molecule has 1 aliphatic rings. The molecular weight excluding hydrogens is 289 g/mol. The maximum atomic E-state index is 8.67. The van der Waals surface area contributed by atoms with E-state index >= 15 is 0 Å². The molecule has 0 atom stereocenters. The van der Waals surface area contributed by atoms with Crippen molar-refractivity contribution in [1.29, 1.82) is 5.26 Å². The van der Waals surface area contributed by atoms with Gasteiger partial charge in [0.2, 0.25) is 0 Å². The Morgan fingerprint density at radius 3 is 3.14 bits per heavy atom. The second kappa shape index (κ2) is 4.01. The Labute approximate surface area is 96.3 Å². The van der Waals surface area contributed by atoms with Gasteiger partial charge in [-0.2, -0.15) is 5.26 Å². The van der Waals surface area contributed by atoms with Crippen LogP contribution in [0.15, 0.2) is 24.3 Å². The molecule has 0 bridgehead atoms. The number of nitriles is 1. The van der Waals surface area contributed by atoms with Gasteiger partial charge in [-0.25, -0.2) is 0 Å². The molecule has 0 spiro atoms. The van der Waals surface area contributed by atoms with Crippen LogP contribution in [0.4, 0.5) is 0 Å². The van der Waals surface area contributed by atoms with Gasteiger partial charge in [0.1, 0.15) is 5.75 Å². The molecule has 0 saturated carbocycles. The Hall–Kier alpha value is -1.02. The molecule has 0 amide bonds. The van der Waals surface area contributed by atoms with Crippen molar-refractivity contribution < 1.29 is 4.74 Å². The summed E-state index contributed by atoms with van der Waals surface area (Å²) in [5.74, 6) is 0.893. The van der Waals surface area contributed by atoms with Gasteiger partial charge in [-0.1, -0.05) is 6.07 Å². The van der Waals surface area contributed by atoms with Gasteiger partial charge in [-0.05, 0) is 40.3 Å². The minimum atomic E-state index is 0.667. The molecular formula is C11H8INO. The molecule has 0 N–H and O–H groups in total. The highest BCUT2D eigenvalue weighted by Crippen LogP contribution is 2.35. The molecule has 2 nitrogen and oxygen atoms in total. The highest BCUT2D eigenvalue weighted by Gasteiger charge is 2.17. The van der Waals surface area contributed by atoms with Crippen molar-refractivity contribution in [2.45, 2.75) is 6.42 Å². The summed E-state index contributed by atoms with van der Waals surface area (Å²) in [5.41, 5.74) is 2.17. The van der Waals surface area contributed by atoms with Crippen molar-refractivity contribution in [3.05, 3.63) is 33.4 Å². The lowest BCUT2D eigenvalue weighted by Gasteiger charge is -2.20. The van der Waals surface area contributed by atoms with E-state index < -0.39 is 0 Å². The lowest BCUT2D eigenvalue weighted by Crippen LogP contribution is -2.08. The molecule has 0 saturated heterocycles. The maximum Gasteiger partial charge on any atom is 0.127 e. The predicted octanol–water partition coefficient (Wildman–Crippen LogP) is 2.98. The van der Waals surface area contributed by atoms with Gasteiger partial charge in [0.25, 0.3) is 0 Å². The third-order valence-corrected chi connectivity index (χ3v) is 3.06. The van der Waals surface area contributed by atoms with E-state index in [0.717, 1.165) is 26.9 Å². The quantitative estimate of drug-likeness (QED) is 0.545. The summed E-state index contributed by atoms with van der Waals surface area (Å²) < 4.78 is 6.67. The minimum absolute atomic E-state index is 0.667. The first-order valence-electron chi connectivity index (χ1n) is 4.33. The lowest BCUT2D eigenvalue weighted by molar-refractivity contribution is 0.316. The molecule has 0 radical (unpaired) electrons. The second-order valence-electron chi connectivity index (χ2n) is 3.01. The van der Waals surface area contributed by atoms with Crippen molar-refractivity contribution in [3.8, 4) is 11.8 Å². The second-order valence-corrected chi connectivity index (χ2v) is 4.17. The van der Waals surface area contributed by atoms with Crippen LogP contribution < -0.4 is 4.74 Å². The van der Waals surface area contributed by atoms with Crippen LogP contribution in [0.2, 0.25) is 0 Å². The van der Waals surface area contributed by atoms with E-state index in [0.29, 0.717) is 6.61 Å². The fraction of sp³-hybridized carbons (Fsp3) is 0.182. The number of nitrogens with zero attached hydrogens (tertiary/aromatic N) is 1. The summed E-state index contributed by atoms with van der Waals surface area (Å²) in [6.07, 6.45) is 2.43. The molecule has 70 valence electrons. The zero-order valence-corrected chi connectivity index (χ0v) is 9.61. The van der Waals surface area contributed by atoms with Gasteiger partial charge in [0.05, 0.1) is 12.7 Å². The van der Waals surface area contributed by atoms with Crippen molar-refractivity contribution in [2.24, 2.45) is 0 Å². The van der Waals surface area contributed by atoms with Crippen molar-refractivity contribution >= 4 is 28.2 Å². The molecule has 2 rings (SSSR count). The number of hydrogen-bond donors (Lipinski definition) is 0. The summed E-state index contributed by atoms with van der Waals surface area (Å²) >= 11 is 2.27. The Kier molecular flexibility index (Phi) is 2.73. The number of halogens is 1. The Morgan fingerprint density at radius 2 is 2.36 bits per heavy atom. The van der Waals surface area contributed by atoms with Gasteiger partial charge in [-0.15, -0.1) is 0 Å². The van der Waals surface area contributed by atoms with Gasteiger partial charge in [0, 0.05) is 21.6 Å². The number of rotatable bonds is 0. The van der Waals surface area contributed by atoms with Crippen LogP contribution in [0.25, 0.3) is 5.57 Å². The molecule has 14 heavy (non-hydrogen) atoms. The predicted molar refractivity (Wildman–Crippen MR) is 62.9 cm³/mol. The molecule has 1 heterocycles. The summed E-state index contributed by atoms with van der Waals surface area (Å²) in [5, 5.41) is 8.67. The molecule has 3 heteroatoms. The molecule has 0 aromatic heterocycles. The first-order chi connectivity index (χ1) is 6.83. The smallest absolute Gasteiger partial charge is 0.127 e. The van der Waals surface area contributed by atoms with Crippen LogP contribution >= 0.6 is 22.6 Å². The van der Waals surface area contributed by atoms with Crippen LogP contribution in [0, 0.1) is 14.9 Å². The molecule has 0 aliphatic carbocycles. The lowest BCUT2D eigenvalue weighted by atomic mass is 10.00. The third-order valence-electron chi connectivity index (χ3n) is 2.16. The van der Waals surface area contributed by atoms with E-state index in [1.165, 1.54) is 0 Å². The van der Waals surface area contributed by atoms with E-state index in [2.05, 4.69) is 28.7 Å². The number of hydrogen-bond acceptors (Lipinski definition) is 2. The summed E-state index contributed by atoms with van der Waals surface area (Å²) in [7, 11) is 0. The number of allylic oxidation sites excluding steroid dienone is 1. The molecule has 0 unspecified atom stereocenters. The highest BCUT2D eigenvalue weighted by atomic mass is 127. The van der Waals surface area contributed by atoms with E-state index in [9.17, 15) is 0 Å². The zero-order valence-electron chi connectivity index (χ0n) is 7.46. The first kappa shape index (κ1) is 9.53. The Bertz CT molecular complexity index is 431. The van der Waals surface area contributed by atoms with Gasteiger partial charge in [-0.3, -0.25) is 0 Å². The van der Waals surface area contributed by atoms with Crippen LogP contribution in [-0.4, -0.2) is 6.61 Å². The summed E-state index contributed by atoms with van der Waals surface area (Å²) in [4.78, 5) is 0. The average molecular weight is 297 g/mol. The minimum Gasteiger partial charge on any atom is -0.493 e. The molecule has 1 aliphatic heterocycles. The fourth-order valence-electron chi connectivity index (χ4n) is 1.55. The molecule has 0 fully saturated rings. The monoisotopic (exact) mass is 297 g/mol. The average Bonchev–Trinajstić information content (AvgIpc) is 2.19. The van der Waals surface area contributed by atoms with Crippen LogP contribution in [0.5, 0.6) is 5.75 Å². The van der Waals surface area contributed by atoms with Crippen molar-refractivity contribution in [3.63, 3.8) is 0 Å². The molecule has 1 aromatic rings. The first-order valence-corrected chi connectivity index (χ1v) is 5.41. The normalized spacial score (nSPS) is 17.0. The standard InChI is InChI=1S/C11H8INO/c12-9-2-1-3-10-11(9)8(4-6-13)5-7-14-10/h1-4H,5,7H2/b8-4-. The summed E-state index contributed by atoms with van der Waals surface area (Å²) in [6, 6.07) is 8.03. The topological polar surface area (TPSA) is 33.0 Å². The molecule has 1 aromatic carbocycles. The van der Waals surface area contributed by atoms with Crippen LogP contribution in [-0.2, 0) is 0 Å². The third kappa shape index (κ3) is 1.62. The number of fused-ring (bicyclic) bond motifs is 1. The SMILES string of the molecule is N#C/C=C1/CCOc2cccc(I)c21. The largest absolute Gasteiger partial charge is 0.493 e. The van der Waals surface area contributed by atoms with E-state index in [-0.39, 0.29) is 0 Å². The summed E-state index contributed by atoms with van der Waals surface area (Å²) in [6.45, 7) is 0.667. The maximum absolute atomic E-state index is 8.67.